The molecule has 0 amide bonds. The van der Waals surface area contributed by atoms with Crippen LogP contribution in [-0.4, -0.2) is 179 Å². The van der Waals surface area contributed by atoms with E-state index < -0.39 is 0 Å². The molecule has 584 valence electrons. The van der Waals surface area contributed by atoms with Crippen molar-refractivity contribution in [3.63, 3.8) is 0 Å². The molecule has 8 nitrogen and oxygen atoms in total. The van der Waals surface area contributed by atoms with Crippen molar-refractivity contribution in [3.05, 3.63) is 0 Å². The van der Waals surface area contributed by atoms with E-state index in [1.165, 1.54) is 201 Å². The van der Waals surface area contributed by atoms with Gasteiger partial charge in [0.25, 0.3) is 0 Å². The SMILES string of the molecule is CC.CC(C)C1CCCN(C(C)C)C1.CC(C)C1CCN(C(C)C)C1.CC(C)C1CCN(C(C)C)CC1.CC(C)C1CCN(C(C)C)CC1.CC(C)CC1CCCN1C(C)C.CC(C)NC1CCC(C(C)C)CC1.CC(C)[C@@H]1CCCN(C(C)C)C1.C[C@H]1CCCN(C(C)(C)C)C1. The van der Waals surface area contributed by atoms with Gasteiger partial charge in [-0.3, -0.25) is 9.80 Å². The van der Waals surface area contributed by atoms with E-state index in [9.17, 15) is 0 Å². The van der Waals surface area contributed by atoms with Gasteiger partial charge in [0.2, 0.25) is 0 Å². The topological polar surface area (TPSA) is 34.7 Å². The first-order valence-corrected chi connectivity index (χ1v) is 43.2. The van der Waals surface area contributed by atoms with Gasteiger partial charge in [-0.15, -0.1) is 0 Å². The summed E-state index contributed by atoms with van der Waals surface area (Å²) in [4.78, 5) is 18.3. The van der Waals surface area contributed by atoms with Gasteiger partial charge in [-0.2, -0.15) is 0 Å². The molecule has 8 rings (SSSR count). The van der Waals surface area contributed by atoms with Crippen LogP contribution in [0.5, 0.6) is 0 Å². The molecule has 0 radical (unpaired) electrons. The number of hydrogen-bond acceptors (Lipinski definition) is 8. The van der Waals surface area contributed by atoms with Gasteiger partial charge in [-0.05, 0) is 361 Å². The van der Waals surface area contributed by atoms with E-state index >= 15 is 0 Å². The predicted octanol–water partition coefficient (Wildman–Crippen LogP) is 23.1. The number of nitrogens with zero attached hydrogens (tertiary/aromatic N) is 7. The molecule has 3 unspecified atom stereocenters. The van der Waals surface area contributed by atoms with E-state index in [0.29, 0.717) is 11.6 Å². The molecule has 0 bridgehead atoms. The van der Waals surface area contributed by atoms with Gasteiger partial charge in [0, 0.05) is 86.1 Å². The van der Waals surface area contributed by atoms with Crippen molar-refractivity contribution in [3.8, 4) is 0 Å². The fourth-order valence-electron chi connectivity index (χ4n) is 16.7. The van der Waals surface area contributed by atoms with Gasteiger partial charge >= 0.3 is 0 Å². The van der Waals surface area contributed by atoms with Crippen LogP contribution in [0.1, 0.15) is 351 Å². The molecular formula is C89H188N8. The summed E-state index contributed by atoms with van der Waals surface area (Å²) in [5, 5.41) is 3.64. The molecule has 1 aliphatic carbocycles. The van der Waals surface area contributed by atoms with Gasteiger partial charge in [0.15, 0.2) is 0 Å². The summed E-state index contributed by atoms with van der Waals surface area (Å²) in [6, 6.07) is 6.81. The maximum Gasteiger partial charge on any atom is 0.0125 e. The molecule has 0 aromatic carbocycles. The van der Waals surface area contributed by atoms with Gasteiger partial charge < -0.3 is 29.8 Å². The zero-order valence-corrected chi connectivity index (χ0v) is 73.3. The average molecular weight is 1370 g/mol. The van der Waals surface area contributed by atoms with Crippen LogP contribution in [0.15, 0.2) is 0 Å². The van der Waals surface area contributed by atoms with Crippen molar-refractivity contribution in [1.82, 2.24) is 39.6 Å². The molecule has 7 saturated heterocycles. The maximum absolute atomic E-state index is 3.64. The van der Waals surface area contributed by atoms with E-state index in [4.69, 9.17) is 0 Å². The van der Waals surface area contributed by atoms with E-state index in [2.05, 4.69) is 261 Å². The van der Waals surface area contributed by atoms with Crippen LogP contribution in [0.4, 0.5) is 0 Å². The highest BCUT2D eigenvalue weighted by Gasteiger charge is 2.31. The molecule has 8 aliphatic rings. The van der Waals surface area contributed by atoms with Crippen molar-refractivity contribution in [2.45, 2.75) is 411 Å². The molecule has 1 saturated carbocycles. The molecule has 97 heavy (non-hydrogen) atoms. The van der Waals surface area contributed by atoms with E-state index in [-0.39, 0.29) is 0 Å². The van der Waals surface area contributed by atoms with E-state index in [0.717, 1.165) is 131 Å². The Bertz CT molecular complexity index is 1630. The van der Waals surface area contributed by atoms with Gasteiger partial charge in [-0.25, -0.2) is 0 Å². The third-order valence-electron chi connectivity index (χ3n) is 24.5. The van der Waals surface area contributed by atoms with Crippen molar-refractivity contribution < 1.29 is 0 Å². The second kappa shape index (κ2) is 52.6. The number of likely N-dealkylation sites (tertiary alicyclic amines) is 7. The van der Waals surface area contributed by atoms with Crippen LogP contribution in [0, 0.1) is 82.9 Å². The van der Waals surface area contributed by atoms with Crippen LogP contribution in [0.3, 0.4) is 0 Å². The Hall–Kier alpha value is -0.320. The minimum Gasteiger partial charge on any atom is -0.312 e. The first-order chi connectivity index (χ1) is 45.2. The quantitative estimate of drug-likeness (QED) is 0.164. The summed E-state index contributed by atoms with van der Waals surface area (Å²) in [6.07, 6.45) is 25.4. The Balaban J connectivity index is 0.00000108. The average Bonchev–Trinajstić information content (AvgIpc) is 2.02. The second-order valence-corrected chi connectivity index (χ2v) is 38.1. The lowest BCUT2D eigenvalue weighted by atomic mass is 9.79. The molecule has 0 aromatic rings. The number of hydrogen-bond donors (Lipinski definition) is 1. The van der Waals surface area contributed by atoms with Crippen molar-refractivity contribution in [1.29, 1.82) is 0 Å². The van der Waals surface area contributed by atoms with Crippen molar-refractivity contribution in [2.75, 3.05) is 85.1 Å². The van der Waals surface area contributed by atoms with Crippen LogP contribution in [0.2, 0.25) is 0 Å². The third-order valence-corrected chi connectivity index (χ3v) is 24.5. The van der Waals surface area contributed by atoms with Crippen molar-refractivity contribution >= 4 is 0 Å². The minimum atomic E-state index is 0.384. The molecule has 7 aliphatic heterocycles. The lowest BCUT2D eigenvalue weighted by molar-refractivity contribution is 0.0843. The van der Waals surface area contributed by atoms with Gasteiger partial charge in [0.1, 0.15) is 0 Å². The summed E-state index contributed by atoms with van der Waals surface area (Å²) in [5.74, 6) is 12.8. The van der Waals surface area contributed by atoms with Crippen LogP contribution in [0.25, 0.3) is 0 Å². The van der Waals surface area contributed by atoms with Crippen molar-refractivity contribution in [2.24, 2.45) is 82.9 Å². The number of piperidine rings is 5. The normalized spacial score (nSPS) is 25.9. The minimum absolute atomic E-state index is 0.384. The monoisotopic (exact) mass is 1370 g/mol. The van der Waals surface area contributed by atoms with E-state index in [1.807, 2.05) is 13.8 Å². The standard InChI is InChI=1S/C12H25N.5C11H23N.2C10H21N.C2H6/c1-9(2)11-5-7-12(8-6-11)13-10(3)4;2*1-9(2)11-5-7-12(8-6-11)10(3)4;2*1-9(2)11-6-5-7-12(8-11)10(3)4;1-9(2)8-11-6-5-7-12(11)10(3)4;1-8(2)10-5-6-11(7-10)9(3)4;1-9-6-5-7-11(8-9)10(2,3)4;1-2/h9-13H,5-8H2,1-4H3;5*9-11H,5-8H2,1-4H3;8-10H,5-7H2,1-4H3;9H,5-8H2,1-4H3;1-2H3/t;;;11-;;;;9-;/m...1...0./s1. The molecule has 8 heteroatoms. The smallest absolute Gasteiger partial charge is 0.0125 e. The van der Waals surface area contributed by atoms with Gasteiger partial charge in [0.05, 0.1) is 0 Å². The van der Waals surface area contributed by atoms with Gasteiger partial charge in [-0.1, -0.05) is 132 Å². The lowest BCUT2D eigenvalue weighted by Crippen LogP contribution is -2.46. The summed E-state index contributed by atoms with van der Waals surface area (Å²) in [5.41, 5.74) is 0.384. The summed E-state index contributed by atoms with van der Waals surface area (Å²) >= 11 is 0. The largest absolute Gasteiger partial charge is 0.312 e. The zero-order chi connectivity index (χ0) is 74.4. The first kappa shape index (κ1) is 96.7. The summed E-state index contributed by atoms with van der Waals surface area (Å²) in [6.45, 7) is 95.5. The second-order valence-electron chi connectivity index (χ2n) is 38.1. The predicted molar refractivity (Wildman–Crippen MR) is 441 cm³/mol. The Labute approximate surface area is 615 Å². The van der Waals surface area contributed by atoms with Crippen LogP contribution < -0.4 is 5.32 Å². The fraction of sp³-hybridized carbons (Fsp3) is 1.00. The molecule has 5 atom stereocenters. The van der Waals surface area contributed by atoms with E-state index in [1.54, 1.807) is 0 Å². The molecule has 0 spiro atoms. The zero-order valence-electron chi connectivity index (χ0n) is 73.3. The fourth-order valence-corrected chi connectivity index (χ4v) is 16.7. The molecule has 7 heterocycles. The highest BCUT2D eigenvalue weighted by atomic mass is 15.2. The number of rotatable bonds is 16. The Kier molecular flexibility index (Phi) is 52.4. The molecular weight excluding hydrogens is 1180 g/mol. The first-order valence-electron chi connectivity index (χ1n) is 43.2. The number of nitrogens with one attached hydrogen (secondary N) is 1. The summed E-state index contributed by atoms with van der Waals surface area (Å²) in [7, 11) is 0. The molecule has 0 aromatic heterocycles. The van der Waals surface area contributed by atoms with Crippen LogP contribution in [-0.2, 0) is 0 Å². The maximum atomic E-state index is 3.64. The summed E-state index contributed by atoms with van der Waals surface area (Å²) < 4.78 is 0. The Morgan fingerprint density at radius 1 is 0.309 bits per heavy atom. The lowest BCUT2D eigenvalue weighted by Gasteiger charge is -2.40. The Morgan fingerprint density at radius 2 is 0.619 bits per heavy atom. The highest BCUT2D eigenvalue weighted by Crippen LogP contribution is 2.32. The molecule has 1 N–H and O–H groups in total. The highest BCUT2D eigenvalue weighted by molar-refractivity contribution is 4.86. The van der Waals surface area contributed by atoms with Crippen LogP contribution >= 0.6 is 0 Å². The Morgan fingerprint density at radius 3 is 0.897 bits per heavy atom. The molecule has 8 fully saturated rings. The third kappa shape index (κ3) is 42.4.